The van der Waals surface area contributed by atoms with Crippen LogP contribution in [0.15, 0.2) is 29.3 Å². The summed E-state index contributed by atoms with van der Waals surface area (Å²) >= 11 is 0. The van der Waals surface area contributed by atoms with E-state index in [1.807, 2.05) is 38.1 Å². The van der Waals surface area contributed by atoms with Crippen LogP contribution in [0.4, 0.5) is 0 Å². The minimum atomic E-state index is -0.236. The fourth-order valence-electron chi connectivity index (χ4n) is 1.78. The van der Waals surface area contributed by atoms with E-state index in [9.17, 15) is 0 Å². The molecule has 130 valence electrons. The van der Waals surface area contributed by atoms with Gasteiger partial charge in [-0.3, -0.25) is 4.99 Å². The molecule has 0 radical (unpaired) electrons. The van der Waals surface area contributed by atoms with E-state index in [1.54, 1.807) is 21.3 Å². The van der Waals surface area contributed by atoms with E-state index in [1.165, 1.54) is 0 Å². The topological polar surface area (TPSA) is 64.1 Å². The van der Waals surface area contributed by atoms with Gasteiger partial charge < -0.3 is 24.8 Å². The van der Waals surface area contributed by atoms with Gasteiger partial charge in [0.1, 0.15) is 5.75 Å². The molecule has 6 nitrogen and oxygen atoms in total. The maximum Gasteiger partial charge on any atom is 0.191 e. The Bertz CT molecular complexity index is 490. The Kier molecular flexibility index (Phi) is 8.43. The van der Waals surface area contributed by atoms with Crippen molar-refractivity contribution in [2.24, 2.45) is 4.99 Å². The lowest BCUT2D eigenvalue weighted by Gasteiger charge is -2.24. The lowest BCUT2D eigenvalue weighted by Crippen LogP contribution is -2.46. The molecule has 1 aromatic rings. The number of hydrogen-bond donors (Lipinski definition) is 2. The fourth-order valence-corrected chi connectivity index (χ4v) is 1.78. The molecule has 6 heteroatoms. The number of nitrogens with one attached hydrogen (secondary N) is 2. The average Bonchev–Trinajstić information content (AvgIpc) is 2.57. The standard InChI is InChI=1S/C17H29N3O3/c1-17(2,22-5)13-20-16(18-3)19-9-10-23-12-14-7-6-8-15(11-14)21-4/h6-8,11H,9-10,12-13H2,1-5H3,(H2,18,19,20). The first-order valence-electron chi connectivity index (χ1n) is 7.71. The number of hydrogen-bond acceptors (Lipinski definition) is 4. The van der Waals surface area contributed by atoms with Crippen LogP contribution in [0.2, 0.25) is 0 Å². The summed E-state index contributed by atoms with van der Waals surface area (Å²) in [4.78, 5) is 4.17. The summed E-state index contributed by atoms with van der Waals surface area (Å²) in [5.41, 5.74) is 0.856. The van der Waals surface area contributed by atoms with E-state index in [0.717, 1.165) is 17.3 Å². The maximum atomic E-state index is 5.66. The van der Waals surface area contributed by atoms with Crippen molar-refractivity contribution in [3.8, 4) is 5.75 Å². The Balaban J connectivity index is 2.22. The predicted octanol–water partition coefficient (Wildman–Crippen LogP) is 1.80. The predicted molar refractivity (Wildman–Crippen MR) is 93.1 cm³/mol. The van der Waals surface area contributed by atoms with Crippen LogP contribution in [0.5, 0.6) is 5.75 Å². The van der Waals surface area contributed by atoms with Crippen molar-refractivity contribution in [2.45, 2.75) is 26.1 Å². The van der Waals surface area contributed by atoms with E-state index in [2.05, 4.69) is 15.6 Å². The number of methoxy groups -OCH3 is 2. The van der Waals surface area contributed by atoms with Gasteiger partial charge in [-0.05, 0) is 31.5 Å². The second kappa shape index (κ2) is 10.1. The molecular weight excluding hydrogens is 294 g/mol. The van der Waals surface area contributed by atoms with Crippen LogP contribution in [0.1, 0.15) is 19.4 Å². The normalized spacial score (nSPS) is 12.1. The zero-order valence-corrected chi connectivity index (χ0v) is 14.8. The van der Waals surface area contributed by atoms with Crippen LogP contribution >= 0.6 is 0 Å². The lowest BCUT2D eigenvalue weighted by atomic mass is 10.1. The molecule has 0 aliphatic rings. The molecule has 0 spiro atoms. The van der Waals surface area contributed by atoms with Crippen LogP contribution in [0.3, 0.4) is 0 Å². The van der Waals surface area contributed by atoms with Crippen LogP contribution in [0, 0.1) is 0 Å². The summed E-state index contributed by atoms with van der Waals surface area (Å²) in [5.74, 6) is 1.58. The highest BCUT2D eigenvalue weighted by Crippen LogP contribution is 2.12. The van der Waals surface area contributed by atoms with Crippen molar-refractivity contribution < 1.29 is 14.2 Å². The summed E-state index contributed by atoms with van der Waals surface area (Å²) in [6, 6.07) is 7.87. The smallest absolute Gasteiger partial charge is 0.191 e. The Morgan fingerprint density at radius 3 is 2.65 bits per heavy atom. The molecule has 0 aliphatic heterocycles. The first-order chi connectivity index (χ1) is 11.0. The first kappa shape index (κ1) is 19.3. The van der Waals surface area contributed by atoms with Crippen LogP contribution < -0.4 is 15.4 Å². The highest BCUT2D eigenvalue weighted by molar-refractivity contribution is 5.79. The number of rotatable bonds is 9. The Morgan fingerprint density at radius 2 is 2.00 bits per heavy atom. The fraction of sp³-hybridized carbons (Fsp3) is 0.588. The van der Waals surface area contributed by atoms with Crippen LogP contribution in [-0.4, -0.2) is 52.5 Å². The van der Waals surface area contributed by atoms with Gasteiger partial charge in [-0.2, -0.15) is 0 Å². The van der Waals surface area contributed by atoms with Gasteiger partial charge in [0, 0.05) is 27.2 Å². The molecule has 0 bridgehead atoms. The minimum Gasteiger partial charge on any atom is -0.497 e. The molecule has 23 heavy (non-hydrogen) atoms. The van der Waals surface area contributed by atoms with Crippen LogP contribution in [0.25, 0.3) is 0 Å². The number of nitrogens with zero attached hydrogens (tertiary/aromatic N) is 1. The zero-order chi connectivity index (χ0) is 17.1. The first-order valence-corrected chi connectivity index (χ1v) is 7.71. The van der Waals surface area contributed by atoms with Crippen LogP contribution in [-0.2, 0) is 16.1 Å². The molecule has 0 heterocycles. The summed E-state index contributed by atoms with van der Waals surface area (Å²) in [7, 11) is 5.10. The van der Waals surface area contributed by atoms with Gasteiger partial charge in [-0.25, -0.2) is 0 Å². The van der Waals surface area contributed by atoms with E-state index < -0.39 is 0 Å². The molecule has 0 atom stereocenters. The number of benzene rings is 1. The zero-order valence-electron chi connectivity index (χ0n) is 14.8. The molecular formula is C17H29N3O3. The number of aliphatic imine (C=N–C) groups is 1. The summed E-state index contributed by atoms with van der Waals surface area (Å²) in [6.07, 6.45) is 0. The third-order valence-corrected chi connectivity index (χ3v) is 3.40. The Labute approximate surface area is 139 Å². The molecule has 0 unspecified atom stereocenters. The summed E-state index contributed by atoms with van der Waals surface area (Å²) in [5, 5.41) is 6.43. The maximum absolute atomic E-state index is 5.66. The average molecular weight is 323 g/mol. The van der Waals surface area contributed by atoms with Gasteiger partial charge in [0.2, 0.25) is 0 Å². The molecule has 2 N–H and O–H groups in total. The Morgan fingerprint density at radius 1 is 1.22 bits per heavy atom. The van der Waals surface area contributed by atoms with E-state index in [4.69, 9.17) is 14.2 Å². The Hall–Kier alpha value is -1.79. The van der Waals surface area contributed by atoms with E-state index in [-0.39, 0.29) is 5.60 Å². The van der Waals surface area contributed by atoms with Gasteiger partial charge in [0.25, 0.3) is 0 Å². The van der Waals surface area contributed by atoms with Crippen molar-refractivity contribution in [1.29, 1.82) is 0 Å². The van der Waals surface area contributed by atoms with Crippen molar-refractivity contribution in [2.75, 3.05) is 41.0 Å². The third-order valence-electron chi connectivity index (χ3n) is 3.40. The van der Waals surface area contributed by atoms with Gasteiger partial charge in [-0.1, -0.05) is 12.1 Å². The van der Waals surface area contributed by atoms with Gasteiger partial charge >= 0.3 is 0 Å². The second-order valence-electron chi connectivity index (χ2n) is 5.72. The number of guanidine groups is 1. The molecule has 1 aromatic carbocycles. The quantitative estimate of drug-likeness (QED) is 0.412. The highest BCUT2D eigenvalue weighted by atomic mass is 16.5. The van der Waals surface area contributed by atoms with Crippen molar-refractivity contribution in [3.05, 3.63) is 29.8 Å². The molecule has 0 saturated carbocycles. The van der Waals surface area contributed by atoms with Gasteiger partial charge in [0.05, 0.1) is 25.9 Å². The SMILES string of the molecule is CN=C(NCCOCc1cccc(OC)c1)NCC(C)(C)OC. The molecule has 0 amide bonds. The molecule has 0 aliphatic carbocycles. The third kappa shape index (κ3) is 7.85. The number of ether oxygens (including phenoxy) is 3. The van der Waals surface area contributed by atoms with Gasteiger partial charge in [-0.15, -0.1) is 0 Å². The summed E-state index contributed by atoms with van der Waals surface area (Å²) < 4.78 is 16.2. The van der Waals surface area contributed by atoms with Gasteiger partial charge in [0.15, 0.2) is 5.96 Å². The molecule has 0 aromatic heterocycles. The van der Waals surface area contributed by atoms with Crippen molar-refractivity contribution in [1.82, 2.24) is 10.6 Å². The molecule has 0 saturated heterocycles. The van der Waals surface area contributed by atoms with E-state index >= 15 is 0 Å². The van der Waals surface area contributed by atoms with Crippen molar-refractivity contribution in [3.63, 3.8) is 0 Å². The second-order valence-corrected chi connectivity index (χ2v) is 5.72. The van der Waals surface area contributed by atoms with Crippen molar-refractivity contribution >= 4 is 5.96 Å². The molecule has 1 rings (SSSR count). The largest absolute Gasteiger partial charge is 0.497 e. The lowest BCUT2D eigenvalue weighted by molar-refractivity contribution is 0.0268. The monoisotopic (exact) mass is 323 g/mol. The highest BCUT2D eigenvalue weighted by Gasteiger charge is 2.16. The van der Waals surface area contributed by atoms with E-state index in [0.29, 0.717) is 26.3 Å². The minimum absolute atomic E-state index is 0.236. The summed E-state index contributed by atoms with van der Waals surface area (Å²) in [6.45, 7) is 6.53. The molecule has 0 fully saturated rings.